The van der Waals surface area contributed by atoms with E-state index in [1.165, 1.54) is 12.1 Å². The van der Waals surface area contributed by atoms with Gasteiger partial charge in [0, 0.05) is 26.2 Å². The van der Waals surface area contributed by atoms with Gasteiger partial charge in [0.05, 0.1) is 11.8 Å². The first kappa shape index (κ1) is 18.4. The minimum Gasteiger partial charge on any atom is -0.478 e. The molecule has 2 heterocycles. The molecule has 1 fully saturated rings. The van der Waals surface area contributed by atoms with Crippen molar-refractivity contribution in [2.75, 3.05) is 11.4 Å². The lowest BCUT2D eigenvalue weighted by molar-refractivity contribution is -0.121. The Morgan fingerprint density at radius 3 is 2.63 bits per heavy atom. The molecule has 9 nitrogen and oxygen atoms in total. The van der Waals surface area contributed by atoms with Crippen LogP contribution in [0, 0.1) is 0 Å². The first-order valence-corrected chi connectivity index (χ1v) is 8.61. The fourth-order valence-electron chi connectivity index (χ4n) is 3.03. The fourth-order valence-corrected chi connectivity index (χ4v) is 3.03. The second-order valence-electron chi connectivity index (χ2n) is 6.33. The summed E-state index contributed by atoms with van der Waals surface area (Å²) >= 11 is 0. The molecule has 142 valence electrons. The highest BCUT2D eigenvalue weighted by molar-refractivity contribution is 5.99. The number of urea groups is 1. The van der Waals surface area contributed by atoms with Crippen molar-refractivity contribution >= 4 is 23.7 Å². The summed E-state index contributed by atoms with van der Waals surface area (Å²) in [6, 6.07) is 6.97. The van der Waals surface area contributed by atoms with Crippen LogP contribution in [-0.4, -0.2) is 45.4 Å². The largest absolute Gasteiger partial charge is 0.478 e. The number of carbonyl (C=O) groups is 3. The Balaban J connectivity index is 1.54. The number of aromatic nitrogens is 2. The number of carbonyl (C=O) groups excluding carboxylic acids is 2. The van der Waals surface area contributed by atoms with Crippen molar-refractivity contribution in [3.63, 3.8) is 0 Å². The van der Waals surface area contributed by atoms with Crippen LogP contribution in [0.1, 0.15) is 28.8 Å². The minimum atomic E-state index is -0.999. The monoisotopic (exact) mass is 371 g/mol. The van der Waals surface area contributed by atoms with Gasteiger partial charge in [0.15, 0.2) is 0 Å². The van der Waals surface area contributed by atoms with Crippen molar-refractivity contribution in [1.82, 2.24) is 20.4 Å². The average Bonchev–Trinajstić information content (AvgIpc) is 3.08. The molecule has 1 aliphatic rings. The standard InChI is InChI=1S/C18H21N5O4/c1-22-15(8-9-20-22)23-10-2-3-14(16(23)24)21-18(27)19-11-12-4-6-13(7-5-12)17(25)26/h4-9,14H,2-3,10-11H2,1H3,(H,25,26)(H2,19,21,27). The van der Waals surface area contributed by atoms with Crippen LogP contribution in [0.25, 0.3) is 0 Å². The number of rotatable bonds is 5. The summed E-state index contributed by atoms with van der Waals surface area (Å²) in [5, 5.41) is 18.4. The maximum atomic E-state index is 12.7. The number of benzene rings is 1. The summed E-state index contributed by atoms with van der Waals surface area (Å²) in [5.74, 6) is -0.461. The van der Waals surface area contributed by atoms with E-state index in [1.54, 1.807) is 41.0 Å². The van der Waals surface area contributed by atoms with Crippen LogP contribution >= 0.6 is 0 Å². The van der Waals surface area contributed by atoms with Crippen molar-refractivity contribution < 1.29 is 19.5 Å². The quantitative estimate of drug-likeness (QED) is 0.728. The predicted octanol–water partition coefficient (Wildman–Crippen LogP) is 1.11. The van der Waals surface area contributed by atoms with Gasteiger partial charge < -0.3 is 15.7 Å². The van der Waals surface area contributed by atoms with Crippen LogP contribution in [0.4, 0.5) is 10.6 Å². The molecule has 1 unspecified atom stereocenters. The number of hydrogen-bond donors (Lipinski definition) is 3. The van der Waals surface area contributed by atoms with E-state index in [2.05, 4.69) is 15.7 Å². The van der Waals surface area contributed by atoms with Gasteiger partial charge in [0.1, 0.15) is 11.9 Å². The molecule has 1 aromatic heterocycles. The Hall–Kier alpha value is -3.36. The molecule has 1 saturated heterocycles. The number of carboxylic acids is 1. The summed E-state index contributed by atoms with van der Waals surface area (Å²) in [6.45, 7) is 0.826. The Morgan fingerprint density at radius 1 is 1.26 bits per heavy atom. The van der Waals surface area contributed by atoms with Gasteiger partial charge in [0.2, 0.25) is 0 Å². The highest BCUT2D eigenvalue weighted by Crippen LogP contribution is 2.20. The summed E-state index contributed by atoms with van der Waals surface area (Å²) < 4.78 is 1.63. The smallest absolute Gasteiger partial charge is 0.335 e. The number of hydrogen-bond acceptors (Lipinski definition) is 4. The van der Waals surface area contributed by atoms with Crippen molar-refractivity contribution in [1.29, 1.82) is 0 Å². The minimum absolute atomic E-state index is 0.161. The number of aryl methyl sites for hydroxylation is 1. The van der Waals surface area contributed by atoms with Gasteiger partial charge in [-0.25, -0.2) is 9.59 Å². The van der Waals surface area contributed by atoms with Crippen LogP contribution < -0.4 is 15.5 Å². The van der Waals surface area contributed by atoms with Gasteiger partial charge in [0.25, 0.3) is 5.91 Å². The highest BCUT2D eigenvalue weighted by Gasteiger charge is 2.31. The van der Waals surface area contributed by atoms with Crippen LogP contribution in [0.5, 0.6) is 0 Å². The second-order valence-corrected chi connectivity index (χ2v) is 6.33. The van der Waals surface area contributed by atoms with Gasteiger partial charge in [-0.05, 0) is 30.5 Å². The summed E-state index contributed by atoms with van der Waals surface area (Å²) in [5.41, 5.74) is 0.952. The molecule has 3 N–H and O–H groups in total. The third kappa shape index (κ3) is 4.25. The summed E-state index contributed by atoms with van der Waals surface area (Å²) in [4.78, 5) is 37.3. The number of nitrogens with zero attached hydrogens (tertiary/aromatic N) is 3. The molecule has 0 bridgehead atoms. The van der Waals surface area contributed by atoms with Crippen molar-refractivity contribution in [3.05, 3.63) is 47.7 Å². The maximum absolute atomic E-state index is 12.7. The molecule has 27 heavy (non-hydrogen) atoms. The molecule has 9 heteroatoms. The van der Waals surface area contributed by atoms with E-state index < -0.39 is 18.0 Å². The first-order valence-electron chi connectivity index (χ1n) is 8.61. The first-order chi connectivity index (χ1) is 13.0. The lowest BCUT2D eigenvalue weighted by Crippen LogP contribution is -2.54. The lowest BCUT2D eigenvalue weighted by Gasteiger charge is -2.32. The Kier molecular flexibility index (Phi) is 5.39. The molecule has 0 aliphatic carbocycles. The highest BCUT2D eigenvalue weighted by atomic mass is 16.4. The summed E-state index contributed by atoms with van der Waals surface area (Å²) in [6.07, 6.45) is 2.98. The zero-order valence-corrected chi connectivity index (χ0v) is 14.9. The molecule has 3 amide bonds. The number of nitrogens with one attached hydrogen (secondary N) is 2. The van der Waals surface area contributed by atoms with E-state index >= 15 is 0 Å². The van der Waals surface area contributed by atoms with E-state index in [9.17, 15) is 14.4 Å². The Labute approximate surface area is 156 Å². The van der Waals surface area contributed by atoms with E-state index in [4.69, 9.17) is 5.11 Å². The second kappa shape index (κ2) is 7.90. The SMILES string of the molecule is Cn1nccc1N1CCCC(NC(=O)NCc2ccc(C(=O)O)cc2)C1=O. The zero-order valence-electron chi connectivity index (χ0n) is 14.9. The van der Waals surface area contributed by atoms with Gasteiger partial charge in [-0.2, -0.15) is 5.10 Å². The molecule has 1 aliphatic heterocycles. The topological polar surface area (TPSA) is 117 Å². The zero-order chi connectivity index (χ0) is 19.4. The number of amides is 3. The van der Waals surface area contributed by atoms with Gasteiger partial charge in [-0.1, -0.05) is 12.1 Å². The number of aromatic carboxylic acids is 1. The Bertz CT molecular complexity index is 846. The third-order valence-electron chi connectivity index (χ3n) is 4.47. The van der Waals surface area contributed by atoms with Crippen LogP contribution in [0.2, 0.25) is 0 Å². The molecule has 1 aromatic carbocycles. The molecule has 0 radical (unpaired) electrons. The van der Waals surface area contributed by atoms with E-state index in [0.29, 0.717) is 18.8 Å². The van der Waals surface area contributed by atoms with E-state index in [0.717, 1.165) is 12.0 Å². The van der Waals surface area contributed by atoms with Crippen LogP contribution in [-0.2, 0) is 18.4 Å². The number of carboxylic acid groups (broad SMARTS) is 1. The normalized spacial score (nSPS) is 16.9. The molecule has 0 spiro atoms. The molecular weight excluding hydrogens is 350 g/mol. The molecule has 1 atom stereocenters. The van der Waals surface area contributed by atoms with Gasteiger partial charge in [-0.15, -0.1) is 0 Å². The van der Waals surface area contributed by atoms with Crippen molar-refractivity contribution in [3.8, 4) is 0 Å². The van der Waals surface area contributed by atoms with Crippen molar-refractivity contribution in [2.45, 2.75) is 25.4 Å². The van der Waals surface area contributed by atoms with Gasteiger partial charge >= 0.3 is 12.0 Å². The molecule has 0 saturated carbocycles. The maximum Gasteiger partial charge on any atom is 0.335 e. The van der Waals surface area contributed by atoms with Crippen LogP contribution in [0.15, 0.2) is 36.5 Å². The Morgan fingerprint density at radius 2 is 2.00 bits per heavy atom. The van der Waals surface area contributed by atoms with Crippen molar-refractivity contribution in [2.24, 2.45) is 7.05 Å². The number of anilines is 1. The van der Waals surface area contributed by atoms with E-state index in [-0.39, 0.29) is 18.0 Å². The number of piperidine rings is 1. The average molecular weight is 371 g/mol. The van der Waals surface area contributed by atoms with Gasteiger partial charge in [-0.3, -0.25) is 14.4 Å². The fraction of sp³-hybridized carbons (Fsp3) is 0.333. The lowest BCUT2D eigenvalue weighted by atomic mass is 10.0. The summed E-state index contributed by atoms with van der Waals surface area (Å²) in [7, 11) is 1.77. The predicted molar refractivity (Wildman–Crippen MR) is 97.4 cm³/mol. The molecule has 3 rings (SSSR count). The molecular formula is C18H21N5O4. The third-order valence-corrected chi connectivity index (χ3v) is 4.47. The molecule has 2 aromatic rings. The van der Waals surface area contributed by atoms with E-state index in [1.807, 2.05) is 0 Å². The van der Waals surface area contributed by atoms with Crippen LogP contribution in [0.3, 0.4) is 0 Å².